The predicted octanol–water partition coefficient (Wildman–Crippen LogP) is 3.78. The topological polar surface area (TPSA) is 26.0 Å². The van der Waals surface area contributed by atoms with E-state index in [1.54, 1.807) is 0 Å². The molecular formula is C17H27N. The Labute approximate surface area is 112 Å². The second-order valence-corrected chi connectivity index (χ2v) is 7.29. The Morgan fingerprint density at radius 2 is 1.44 bits per heavy atom. The van der Waals surface area contributed by atoms with Gasteiger partial charge >= 0.3 is 0 Å². The lowest BCUT2D eigenvalue weighted by Gasteiger charge is -2.44. The number of hydrogen-bond acceptors (Lipinski definition) is 1. The zero-order chi connectivity index (χ0) is 13.8. The van der Waals surface area contributed by atoms with Gasteiger partial charge in [-0.15, -0.1) is 0 Å². The molecule has 0 amide bonds. The molecule has 0 fully saturated rings. The van der Waals surface area contributed by atoms with Crippen LogP contribution in [0.3, 0.4) is 0 Å². The highest BCUT2D eigenvalue weighted by Crippen LogP contribution is 2.61. The van der Waals surface area contributed by atoms with Gasteiger partial charge in [-0.25, -0.2) is 0 Å². The van der Waals surface area contributed by atoms with Crippen molar-refractivity contribution < 1.29 is 0 Å². The summed E-state index contributed by atoms with van der Waals surface area (Å²) >= 11 is 0. The van der Waals surface area contributed by atoms with Crippen LogP contribution in [0.4, 0.5) is 0 Å². The Morgan fingerprint density at radius 3 is 2.00 bits per heavy atom. The van der Waals surface area contributed by atoms with Gasteiger partial charge in [0.15, 0.2) is 0 Å². The number of fused-ring (bicyclic) bond motifs is 1. The first kappa shape index (κ1) is 13.6. The first-order valence-electron chi connectivity index (χ1n) is 7.00. The van der Waals surface area contributed by atoms with Crippen LogP contribution in [0.1, 0.15) is 58.2 Å². The van der Waals surface area contributed by atoms with Crippen molar-refractivity contribution in [3.63, 3.8) is 0 Å². The van der Waals surface area contributed by atoms with Crippen LogP contribution in [0.15, 0.2) is 18.2 Å². The molecule has 0 radical (unpaired) electrons. The van der Waals surface area contributed by atoms with Crippen molar-refractivity contribution in [2.24, 2.45) is 11.1 Å². The van der Waals surface area contributed by atoms with Crippen LogP contribution < -0.4 is 5.73 Å². The molecule has 0 spiro atoms. The van der Waals surface area contributed by atoms with Crippen LogP contribution in [0, 0.1) is 5.41 Å². The molecule has 0 heterocycles. The molecule has 100 valence electrons. The molecular weight excluding hydrogens is 218 g/mol. The van der Waals surface area contributed by atoms with Crippen molar-refractivity contribution in [3.8, 4) is 0 Å². The van der Waals surface area contributed by atoms with E-state index in [9.17, 15) is 0 Å². The van der Waals surface area contributed by atoms with Crippen molar-refractivity contribution in [1.29, 1.82) is 0 Å². The largest absolute Gasteiger partial charge is 0.330 e. The Hall–Kier alpha value is -0.820. The molecule has 0 aromatic heterocycles. The lowest BCUT2D eigenvalue weighted by molar-refractivity contribution is 0.125. The van der Waals surface area contributed by atoms with Gasteiger partial charge in [-0.1, -0.05) is 59.7 Å². The summed E-state index contributed by atoms with van der Waals surface area (Å²) in [4.78, 5) is 0. The number of rotatable bonds is 2. The van der Waals surface area contributed by atoms with Crippen LogP contribution in [0.25, 0.3) is 0 Å². The summed E-state index contributed by atoms with van der Waals surface area (Å²) in [6.07, 6.45) is 0.976. The standard InChI is InChI=1S/C17H27N/c1-15(2)13-8-7-12(9-10-18)11-14(13)16(3,4)17(15,5)6/h7-8,11H,9-10,18H2,1-6H3. The fourth-order valence-corrected chi connectivity index (χ4v) is 3.43. The van der Waals surface area contributed by atoms with Crippen molar-refractivity contribution in [3.05, 3.63) is 34.9 Å². The Bertz CT molecular complexity index is 466. The molecule has 2 rings (SSSR count). The highest BCUT2D eigenvalue weighted by Gasteiger charge is 2.56. The van der Waals surface area contributed by atoms with E-state index in [0.29, 0.717) is 0 Å². The summed E-state index contributed by atoms with van der Waals surface area (Å²) in [6.45, 7) is 15.0. The molecule has 0 unspecified atom stereocenters. The predicted molar refractivity (Wildman–Crippen MR) is 79.0 cm³/mol. The molecule has 1 nitrogen and oxygen atoms in total. The Kier molecular flexibility index (Phi) is 2.90. The number of benzene rings is 1. The number of nitrogens with two attached hydrogens (primary N) is 1. The fourth-order valence-electron chi connectivity index (χ4n) is 3.43. The SMILES string of the molecule is CC1(C)c2ccc(CCN)cc2C(C)(C)C1(C)C. The molecule has 1 aliphatic carbocycles. The van der Waals surface area contributed by atoms with Crippen LogP contribution in [0.5, 0.6) is 0 Å². The Morgan fingerprint density at radius 1 is 0.889 bits per heavy atom. The monoisotopic (exact) mass is 245 g/mol. The maximum atomic E-state index is 5.68. The van der Waals surface area contributed by atoms with Crippen molar-refractivity contribution >= 4 is 0 Å². The molecule has 0 bridgehead atoms. The molecule has 1 aliphatic rings. The zero-order valence-electron chi connectivity index (χ0n) is 12.7. The van der Waals surface area contributed by atoms with Gasteiger partial charge in [0, 0.05) is 0 Å². The lowest BCUT2D eigenvalue weighted by Crippen LogP contribution is -2.42. The van der Waals surface area contributed by atoms with E-state index in [2.05, 4.69) is 59.7 Å². The van der Waals surface area contributed by atoms with E-state index >= 15 is 0 Å². The number of hydrogen-bond donors (Lipinski definition) is 1. The normalized spacial score (nSPS) is 22.8. The van der Waals surface area contributed by atoms with Gasteiger partial charge in [-0.2, -0.15) is 0 Å². The molecule has 0 saturated heterocycles. The van der Waals surface area contributed by atoms with Gasteiger partial charge in [0.1, 0.15) is 0 Å². The lowest BCUT2D eigenvalue weighted by atomic mass is 9.59. The minimum absolute atomic E-state index is 0.205. The highest BCUT2D eigenvalue weighted by molar-refractivity contribution is 5.50. The first-order chi connectivity index (χ1) is 8.16. The van der Waals surface area contributed by atoms with Crippen LogP contribution in [-0.2, 0) is 17.3 Å². The van der Waals surface area contributed by atoms with E-state index in [0.717, 1.165) is 13.0 Å². The van der Waals surface area contributed by atoms with Crippen LogP contribution in [0.2, 0.25) is 0 Å². The smallest absolute Gasteiger partial charge is 0.00367 e. The average Bonchev–Trinajstić information content (AvgIpc) is 2.37. The highest BCUT2D eigenvalue weighted by atomic mass is 14.6. The molecule has 1 heteroatoms. The third kappa shape index (κ3) is 1.50. The maximum absolute atomic E-state index is 5.68. The minimum Gasteiger partial charge on any atom is -0.330 e. The van der Waals surface area contributed by atoms with Crippen LogP contribution >= 0.6 is 0 Å². The molecule has 0 aliphatic heterocycles. The molecule has 1 aromatic rings. The molecule has 2 N–H and O–H groups in total. The molecule has 0 saturated carbocycles. The Balaban J connectivity index is 2.64. The quantitative estimate of drug-likeness (QED) is 0.843. The van der Waals surface area contributed by atoms with Gasteiger partial charge in [-0.3, -0.25) is 0 Å². The van der Waals surface area contributed by atoms with Gasteiger partial charge in [0.2, 0.25) is 0 Å². The fraction of sp³-hybridized carbons (Fsp3) is 0.647. The van der Waals surface area contributed by atoms with Crippen LogP contribution in [-0.4, -0.2) is 6.54 Å². The van der Waals surface area contributed by atoms with Gasteiger partial charge in [0.25, 0.3) is 0 Å². The zero-order valence-corrected chi connectivity index (χ0v) is 12.7. The summed E-state index contributed by atoms with van der Waals surface area (Å²) in [7, 11) is 0. The summed E-state index contributed by atoms with van der Waals surface area (Å²) in [6, 6.07) is 6.97. The van der Waals surface area contributed by atoms with Gasteiger partial charge in [0.05, 0.1) is 0 Å². The van der Waals surface area contributed by atoms with Gasteiger partial charge < -0.3 is 5.73 Å². The summed E-state index contributed by atoms with van der Waals surface area (Å²) in [5.41, 5.74) is 10.8. The van der Waals surface area contributed by atoms with E-state index < -0.39 is 0 Å². The summed E-state index contributed by atoms with van der Waals surface area (Å²) in [5.74, 6) is 0. The minimum atomic E-state index is 0.205. The van der Waals surface area contributed by atoms with Crippen molar-refractivity contribution in [2.75, 3.05) is 6.54 Å². The second kappa shape index (κ2) is 3.84. The molecule has 0 atom stereocenters. The van der Waals surface area contributed by atoms with E-state index in [1.165, 1.54) is 16.7 Å². The van der Waals surface area contributed by atoms with Crippen molar-refractivity contribution in [1.82, 2.24) is 0 Å². The molecule has 1 aromatic carbocycles. The summed E-state index contributed by atoms with van der Waals surface area (Å²) < 4.78 is 0. The van der Waals surface area contributed by atoms with Crippen molar-refractivity contribution in [2.45, 2.75) is 58.8 Å². The van der Waals surface area contributed by atoms with E-state index in [-0.39, 0.29) is 16.2 Å². The second-order valence-electron chi connectivity index (χ2n) is 7.29. The molecule has 18 heavy (non-hydrogen) atoms. The third-order valence-electron chi connectivity index (χ3n) is 5.99. The summed E-state index contributed by atoms with van der Waals surface area (Å²) in [5, 5.41) is 0. The van der Waals surface area contributed by atoms with E-state index in [1.807, 2.05) is 0 Å². The first-order valence-corrected chi connectivity index (χ1v) is 7.00. The van der Waals surface area contributed by atoms with Gasteiger partial charge in [-0.05, 0) is 45.9 Å². The third-order valence-corrected chi connectivity index (χ3v) is 5.99. The van der Waals surface area contributed by atoms with E-state index in [4.69, 9.17) is 5.73 Å². The average molecular weight is 245 g/mol. The maximum Gasteiger partial charge on any atom is -0.00367 e.